The van der Waals surface area contributed by atoms with Gasteiger partial charge >= 0.3 is 0 Å². The zero-order chi connectivity index (χ0) is 5.33. The Hall–Kier alpha value is 0.210. The lowest BCUT2D eigenvalue weighted by molar-refractivity contribution is -0.282. The zero-order valence-corrected chi connectivity index (χ0v) is 4.86. The molecular formula is C4H7ClO2. The van der Waals surface area contributed by atoms with E-state index in [4.69, 9.17) is 11.6 Å². The molecule has 3 heteroatoms. The van der Waals surface area contributed by atoms with Crippen LogP contribution in [-0.2, 0) is 9.78 Å². The highest BCUT2D eigenvalue weighted by Crippen LogP contribution is 2.26. The minimum absolute atomic E-state index is 0.556. The summed E-state index contributed by atoms with van der Waals surface area (Å²) in [4.78, 5) is 9.13. The lowest BCUT2D eigenvalue weighted by Crippen LogP contribution is -2.11. The number of alkyl halides is 1. The molecule has 1 saturated heterocycles. The quantitative estimate of drug-likeness (QED) is 0.356. The van der Waals surface area contributed by atoms with Gasteiger partial charge in [0, 0.05) is 6.42 Å². The SMILES string of the molecule is CC1(Cl)CCOO1. The molecule has 0 aromatic heterocycles. The molecule has 0 aromatic rings. The van der Waals surface area contributed by atoms with E-state index in [1.807, 2.05) is 0 Å². The number of halogens is 1. The second-order valence-corrected chi connectivity index (χ2v) is 2.56. The number of hydrogen-bond acceptors (Lipinski definition) is 2. The Morgan fingerprint density at radius 3 is 2.57 bits per heavy atom. The maximum atomic E-state index is 5.62. The van der Waals surface area contributed by atoms with E-state index in [9.17, 15) is 0 Å². The summed E-state index contributed by atoms with van der Waals surface area (Å²) in [6.45, 7) is 2.39. The van der Waals surface area contributed by atoms with Crippen molar-refractivity contribution in [2.75, 3.05) is 6.61 Å². The van der Waals surface area contributed by atoms with Gasteiger partial charge in [-0.3, -0.25) is 0 Å². The van der Waals surface area contributed by atoms with Crippen LogP contribution in [0.5, 0.6) is 0 Å². The van der Waals surface area contributed by atoms with Gasteiger partial charge < -0.3 is 0 Å². The number of hydrogen-bond donors (Lipinski definition) is 0. The van der Waals surface area contributed by atoms with Crippen molar-refractivity contribution in [3.8, 4) is 0 Å². The highest BCUT2D eigenvalue weighted by atomic mass is 35.5. The fraction of sp³-hybridized carbons (Fsp3) is 1.00. The number of rotatable bonds is 0. The fourth-order valence-corrected chi connectivity index (χ4v) is 0.552. The van der Waals surface area contributed by atoms with E-state index in [0.29, 0.717) is 6.61 Å². The highest BCUT2D eigenvalue weighted by molar-refractivity contribution is 6.22. The average Bonchev–Trinajstić information content (AvgIpc) is 1.84. The van der Waals surface area contributed by atoms with Crippen LogP contribution in [0.15, 0.2) is 0 Å². The maximum absolute atomic E-state index is 5.62. The normalized spacial score (nSPS) is 42.0. The van der Waals surface area contributed by atoms with Crippen LogP contribution in [0.3, 0.4) is 0 Å². The molecule has 1 heterocycles. The van der Waals surface area contributed by atoms with Gasteiger partial charge in [-0.25, -0.2) is 9.78 Å². The van der Waals surface area contributed by atoms with Crippen molar-refractivity contribution in [2.45, 2.75) is 18.4 Å². The Kier molecular flexibility index (Phi) is 1.24. The summed E-state index contributed by atoms with van der Waals surface area (Å²) in [7, 11) is 0. The van der Waals surface area contributed by atoms with Crippen LogP contribution in [0, 0.1) is 0 Å². The molecule has 1 rings (SSSR count). The van der Waals surface area contributed by atoms with Crippen LogP contribution >= 0.6 is 11.6 Å². The molecule has 1 unspecified atom stereocenters. The van der Waals surface area contributed by atoms with E-state index >= 15 is 0 Å². The maximum Gasteiger partial charge on any atom is 0.176 e. The molecule has 0 radical (unpaired) electrons. The van der Waals surface area contributed by atoms with Gasteiger partial charge in [-0.2, -0.15) is 0 Å². The van der Waals surface area contributed by atoms with E-state index in [2.05, 4.69) is 9.78 Å². The Morgan fingerprint density at radius 2 is 2.43 bits per heavy atom. The lowest BCUT2D eigenvalue weighted by Gasteiger charge is -2.06. The molecule has 0 bridgehead atoms. The minimum atomic E-state index is -0.556. The summed E-state index contributed by atoms with van der Waals surface area (Å²) in [5, 5.41) is -0.556. The van der Waals surface area contributed by atoms with Gasteiger partial charge in [0.05, 0.1) is 6.61 Å². The van der Waals surface area contributed by atoms with E-state index in [-0.39, 0.29) is 0 Å². The Balaban J connectivity index is 2.40. The first kappa shape index (κ1) is 5.35. The van der Waals surface area contributed by atoms with Gasteiger partial charge in [-0.05, 0) is 6.92 Å². The van der Waals surface area contributed by atoms with Crippen molar-refractivity contribution in [3.63, 3.8) is 0 Å². The smallest absolute Gasteiger partial charge is 0.176 e. The zero-order valence-electron chi connectivity index (χ0n) is 4.11. The van der Waals surface area contributed by atoms with Gasteiger partial charge in [0.25, 0.3) is 0 Å². The van der Waals surface area contributed by atoms with E-state index < -0.39 is 5.06 Å². The third-order valence-corrected chi connectivity index (χ3v) is 1.12. The molecule has 0 spiro atoms. The molecule has 0 saturated carbocycles. The first-order valence-corrected chi connectivity index (χ1v) is 2.58. The fourth-order valence-electron chi connectivity index (χ4n) is 0.430. The van der Waals surface area contributed by atoms with E-state index in [0.717, 1.165) is 6.42 Å². The van der Waals surface area contributed by atoms with Crippen molar-refractivity contribution in [1.29, 1.82) is 0 Å². The molecule has 0 aliphatic carbocycles. The van der Waals surface area contributed by atoms with Gasteiger partial charge in [-0.15, -0.1) is 0 Å². The summed E-state index contributed by atoms with van der Waals surface area (Å²) >= 11 is 5.62. The lowest BCUT2D eigenvalue weighted by atomic mass is 10.3. The molecule has 7 heavy (non-hydrogen) atoms. The molecule has 1 atom stereocenters. The van der Waals surface area contributed by atoms with Crippen LogP contribution in [0.25, 0.3) is 0 Å². The summed E-state index contributed by atoms with van der Waals surface area (Å²) in [5.74, 6) is 0. The molecule has 1 aliphatic heterocycles. The predicted octanol–water partition coefficient (Wildman–Crippen LogP) is 1.29. The topological polar surface area (TPSA) is 18.5 Å². The van der Waals surface area contributed by atoms with Gasteiger partial charge in [0.15, 0.2) is 5.06 Å². The van der Waals surface area contributed by atoms with Crippen molar-refractivity contribution in [3.05, 3.63) is 0 Å². The van der Waals surface area contributed by atoms with Gasteiger partial charge in [-0.1, -0.05) is 11.6 Å². The first-order chi connectivity index (χ1) is 3.21. The molecular weight excluding hydrogens is 115 g/mol. The molecule has 0 amide bonds. The van der Waals surface area contributed by atoms with Crippen molar-refractivity contribution >= 4 is 11.6 Å². The standard InChI is InChI=1S/C4H7ClO2/c1-4(5)2-3-6-7-4/h2-3H2,1H3. The molecule has 2 nitrogen and oxygen atoms in total. The molecule has 0 N–H and O–H groups in total. The van der Waals surface area contributed by atoms with Crippen molar-refractivity contribution in [1.82, 2.24) is 0 Å². The van der Waals surface area contributed by atoms with E-state index in [1.54, 1.807) is 6.92 Å². The summed E-state index contributed by atoms with van der Waals surface area (Å²) in [6.07, 6.45) is 0.772. The van der Waals surface area contributed by atoms with Crippen molar-refractivity contribution in [2.24, 2.45) is 0 Å². The Labute approximate surface area is 47.3 Å². The molecule has 42 valence electrons. The third-order valence-electron chi connectivity index (χ3n) is 0.865. The summed E-state index contributed by atoms with van der Waals surface area (Å²) in [6, 6.07) is 0. The molecule has 1 fully saturated rings. The predicted molar refractivity (Wildman–Crippen MR) is 25.9 cm³/mol. The van der Waals surface area contributed by atoms with Crippen LogP contribution in [-0.4, -0.2) is 11.7 Å². The summed E-state index contributed by atoms with van der Waals surface area (Å²) < 4.78 is 0. The second kappa shape index (κ2) is 1.62. The molecule has 1 aliphatic rings. The largest absolute Gasteiger partial charge is 0.235 e. The highest BCUT2D eigenvalue weighted by Gasteiger charge is 2.28. The molecule has 0 aromatic carbocycles. The first-order valence-electron chi connectivity index (χ1n) is 2.20. The third kappa shape index (κ3) is 1.30. The van der Waals surface area contributed by atoms with Crippen LogP contribution in [0.1, 0.15) is 13.3 Å². The van der Waals surface area contributed by atoms with Crippen LogP contribution in [0.4, 0.5) is 0 Å². The Bertz CT molecular complexity index is 64.1. The monoisotopic (exact) mass is 122 g/mol. The average molecular weight is 123 g/mol. The summed E-state index contributed by atoms with van der Waals surface area (Å²) in [5.41, 5.74) is 0. The van der Waals surface area contributed by atoms with Gasteiger partial charge in [0.2, 0.25) is 0 Å². The second-order valence-electron chi connectivity index (χ2n) is 1.76. The Morgan fingerprint density at radius 1 is 1.71 bits per heavy atom. The van der Waals surface area contributed by atoms with Crippen LogP contribution < -0.4 is 0 Å². The van der Waals surface area contributed by atoms with E-state index in [1.165, 1.54) is 0 Å². The van der Waals surface area contributed by atoms with Crippen LogP contribution in [0.2, 0.25) is 0 Å². The minimum Gasteiger partial charge on any atom is -0.235 e. The van der Waals surface area contributed by atoms with Gasteiger partial charge in [0.1, 0.15) is 0 Å². The van der Waals surface area contributed by atoms with Crippen molar-refractivity contribution < 1.29 is 9.78 Å².